The maximum absolute atomic E-state index is 11.7. The van der Waals surface area contributed by atoms with Gasteiger partial charge in [0.25, 0.3) is 0 Å². The molecule has 1 aromatic rings. The van der Waals surface area contributed by atoms with E-state index in [9.17, 15) is 8.42 Å². The van der Waals surface area contributed by atoms with Crippen LogP contribution in [0.15, 0.2) is 30.3 Å². The zero-order chi connectivity index (χ0) is 13.6. The van der Waals surface area contributed by atoms with Crippen molar-refractivity contribution in [2.24, 2.45) is 5.73 Å². The molecule has 0 aliphatic rings. The second kappa shape index (κ2) is 6.48. The molecule has 0 saturated heterocycles. The Balaban J connectivity index is 2.86. The first-order valence-corrected chi connectivity index (χ1v) is 6.99. The molecule has 0 spiro atoms. The first kappa shape index (κ1) is 14.6. The summed E-state index contributed by atoms with van der Waals surface area (Å²) in [6.45, 7) is 0.0920. The Morgan fingerprint density at radius 2 is 2.06 bits per heavy atom. The quantitative estimate of drug-likeness (QED) is 0.487. The van der Waals surface area contributed by atoms with Crippen LogP contribution in [0.4, 0.5) is 0 Å². The molecule has 7 heteroatoms. The normalized spacial score (nSPS) is 13.2. The number of methoxy groups -OCH3 is 1. The molecule has 6 nitrogen and oxygen atoms in total. The molecule has 0 aliphatic carbocycles. The first-order chi connectivity index (χ1) is 8.46. The van der Waals surface area contributed by atoms with Crippen molar-refractivity contribution in [3.8, 4) is 0 Å². The van der Waals surface area contributed by atoms with Gasteiger partial charge in [-0.2, -0.15) is 0 Å². The summed E-state index contributed by atoms with van der Waals surface area (Å²) in [5.74, 6) is -0.415. The molecule has 1 unspecified atom stereocenters. The lowest BCUT2D eigenvalue weighted by Crippen LogP contribution is -2.38. The molecule has 0 bridgehead atoms. The highest BCUT2D eigenvalue weighted by Gasteiger charge is 2.21. The number of hydrogen-bond acceptors (Lipinski definition) is 4. The van der Waals surface area contributed by atoms with Crippen LogP contribution < -0.4 is 10.5 Å². The summed E-state index contributed by atoms with van der Waals surface area (Å²) < 4.78 is 30.6. The third-order valence-electron chi connectivity index (χ3n) is 2.30. The first-order valence-electron chi connectivity index (χ1n) is 5.34. The molecule has 0 aliphatic heterocycles. The SMILES string of the molecule is COCCS(=O)(=O)NC(C(=N)N)c1ccccc1. The standard InChI is InChI=1S/C11H17N3O3S/c1-17-7-8-18(15,16)14-10(11(12)13)9-5-3-2-4-6-9/h2-6,10,14H,7-8H2,1H3,(H3,12,13). The van der Waals surface area contributed by atoms with Gasteiger partial charge in [-0.3, -0.25) is 5.41 Å². The van der Waals surface area contributed by atoms with E-state index in [4.69, 9.17) is 15.9 Å². The third kappa shape index (κ3) is 4.44. The van der Waals surface area contributed by atoms with Gasteiger partial charge >= 0.3 is 0 Å². The van der Waals surface area contributed by atoms with Gasteiger partial charge in [0.15, 0.2) is 0 Å². The highest BCUT2D eigenvalue weighted by molar-refractivity contribution is 7.89. The summed E-state index contributed by atoms with van der Waals surface area (Å²) in [6.07, 6.45) is 0. The van der Waals surface area contributed by atoms with E-state index in [1.54, 1.807) is 30.3 Å². The van der Waals surface area contributed by atoms with Gasteiger partial charge in [0, 0.05) is 7.11 Å². The van der Waals surface area contributed by atoms with Crippen molar-refractivity contribution < 1.29 is 13.2 Å². The van der Waals surface area contributed by atoms with Crippen molar-refractivity contribution >= 4 is 15.9 Å². The summed E-state index contributed by atoms with van der Waals surface area (Å²) in [7, 11) is -2.11. The molecule has 18 heavy (non-hydrogen) atoms. The van der Waals surface area contributed by atoms with Crippen LogP contribution in [0.5, 0.6) is 0 Å². The predicted octanol–water partition coefficient (Wildman–Crippen LogP) is 0.229. The topological polar surface area (TPSA) is 105 Å². The maximum atomic E-state index is 11.7. The van der Waals surface area contributed by atoms with Crippen LogP contribution in [0.2, 0.25) is 0 Å². The number of sulfonamides is 1. The van der Waals surface area contributed by atoms with E-state index in [0.717, 1.165) is 0 Å². The minimum absolute atomic E-state index is 0.0920. The van der Waals surface area contributed by atoms with Crippen LogP contribution >= 0.6 is 0 Å². The molecule has 0 heterocycles. The van der Waals surface area contributed by atoms with E-state index in [1.807, 2.05) is 0 Å². The number of amidine groups is 1. The molecule has 0 saturated carbocycles. The Kier molecular flexibility index (Phi) is 5.26. The summed E-state index contributed by atoms with van der Waals surface area (Å²) in [5.41, 5.74) is 6.06. The third-order valence-corrected chi connectivity index (χ3v) is 3.60. The number of hydrogen-bond donors (Lipinski definition) is 3. The monoisotopic (exact) mass is 271 g/mol. The van der Waals surface area contributed by atoms with Crippen molar-refractivity contribution in [2.75, 3.05) is 19.5 Å². The van der Waals surface area contributed by atoms with Gasteiger partial charge in [-0.15, -0.1) is 0 Å². The van der Waals surface area contributed by atoms with Gasteiger partial charge in [-0.1, -0.05) is 30.3 Å². The van der Waals surface area contributed by atoms with Crippen LogP contribution in [0.3, 0.4) is 0 Å². The molecule has 4 N–H and O–H groups in total. The number of nitrogens with two attached hydrogens (primary N) is 1. The van der Waals surface area contributed by atoms with Crippen LogP contribution in [0.1, 0.15) is 11.6 Å². The average molecular weight is 271 g/mol. The largest absolute Gasteiger partial charge is 0.386 e. The van der Waals surface area contributed by atoms with E-state index in [1.165, 1.54) is 7.11 Å². The van der Waals surface area contributed by atoms with E-state index in [0.29, 0.717) is 5.56 Å². The molecule has 0 aromatic heterocycles. The van der Waals surface area contributed by atoms with E-state index < -0.39 is 16.1 Å². The molecule has 100 valence electrons. The van der Waals surface area contributed by atoms with Gasteiger partial charge in [0.1, 0.15) is 11.9 Å². The Labute approximate surface area is 107 Å². The maximum Gasteiger partial charge on any atom is 0.214 e. The fourth-order valence-corrected chi connectivity index (χ4v) is 2.51. The summed E-state index contributed by atoms with van der Waals surface area (Å²) in [4.78, 5) is 0. The predicted molar refractivity (Wildman–Crippen MR) is 69.9 cm³/mol. The fourth-order valence-electron chi connectivity index (χ4n) is 1.39. The van der Waals surface area contributed by atoms with Crippen molar-refractivity contribution in [2.45, 2.75) is 6.04 Å². The van der Waals surface area contributed by atoms with Crippen molar-refractivity contribution in [1.29, 1.82) is 5.41 Å². The minimum Gasteiger partial charge on any atom is -0.386 e. The lowest BCUT2D eigenvalue weighted by atomic mass is 10.1. The smallest absolute Gasteiger partial charge is 0.214 e. The van der Waals surface area contributed by atoms with Crippen molar-refractivity contribution in [1.82, 2.24) is 4.72 Å². The Morgan fingerprint density at radius 3 is 2.56 bits per heavy atom. The minimum atomic E-state index is -3.53. The van der Waals surface area contributed by atoms with Crippen LogP contribution in [-0.4, -0.2) is 33.7 Å². The number of ether oxygens (including phenoxy) is 1. The van der Waals surface area contributed by atoms with Crippen LogP contribution in [0.25, 0.3) is 0 Å². The number of rotatable bonds is 7. The second-order valence-electron chi connectivity index (χ2n) is 3.73. The molecule has 0 amide bonds. The second-order valence-corrected chi connectivity index (χ2v) is 5.60. The molecule has 1 aromatic carbocycles. The van der Waals surface area contributed by atoms with E-state index in [-0.39, 0.29) is 18.2 Å². The molecule has 1 atom stereocenters. The zero-order valence-corrected chi connectivity index (χ0v) is 10.9. The van der Waals surface area contributed by atoms with Gasteiger partial charge in [-0.05, 0) is 5.56 Å². The van der Waals surface area contributed by atoms with Crippen LogP contribution in [-0.2, 0) is 14.8 Å². The summed E-state index contributed by atoms with van der Waals surface area (Å²) >= 11 is 0. The lowest BCUT2D eigenvalue weighted by molar-refractivity contribution is 0.217. The van der Waals surface area contributed by atoms with E-state index >= 15 is 0 Å². The number of benzene rings is 1. The fraction of sp³-hybridized carbons (Fsp3) is 0.364. The van der Waals surface area contributed by atoms with Gasteiger partial charge < -0.3 is 10.5 Å². The lowest BCUT2D eigenvalue weighted by Gasteiger charge is -2.17. The Hall–Kier alpha value is -1.44. The molecular weight excluding hydrogens is 254 g/mol. The van der Waals surface area contributed by atoms with Gasteiger partial charge in [0.2, 0.25) is 10.0 Å². The zero-order valence-electron chi connectivity index (χ0n) is 10.1. The molecule has 0 fully saturated rings. The molecular formula is C11H17N3O3S. The van der Waals surface area contributed by atoms with Crippen molar-refractivity contribution in [3.63, 3.8) is 0 Å². The van der Waals surface area contributed by atoms with E-state index in [2.05, 4.69) is 4.72 Å². The molecule has 0 radical (unpaired) electrons. The van der Waals surface area contributed by atoms with Crippen LogP contribution in [0, 0.1) is 5.41 Å². The molecule has 1 rings (SSSR count). The highest BCUT2D eigenvalue weighted by Crippen LogP contribution is 2.13. The Bertz CT molecular complexity index is 488. The average Bonchev–Trinajstić information content (AvgIpc) is 2.34. The summed E-state index contributed by atoms with van der Waals surface area (Å²) in [6, 6.07) is 7.91. The Morgan fingerprint density at radius 1 is 1.44 bits per heavy atom. The highest BCUT2D eigenvalue weighted by atomic mass is 32.2. The summed E-state index contributed by atoms with van der Waals surface area (Å²) in [5, 5.41) is 7.47. The van der Waals surface area contributed by atoms with Gasteiger partial charge in [-0.25, -0.2) is 13.1 Å². The number of nitrogens with one attached hydrogen (secondary N) is 2. The van der Waals surface area contributed by atoms with Crippen molar-refractivity contribution in [3.05, 3.63) is 35.9 Å². The van der Waals surface area contributed by atoms with Gasteiger partial charge in [0.05, 0.1) is 12.4 Å².